The van der Waals surface area contributed by atoms with Gasteiger partial charge in [0.15, 0.2) is 0 Å². The number of anilines is 1. The number of methoxy groups -OCH3 is 3. The molecule has 0 saturated carbocycles. The maximum atomic E-state index is 13.6. The fourth-order valence-corrected chi connectivity index (χ4v) is 3.63. The molecule has 0 unspecified atom stereocenters. The van der Waals surface area contributed by atoms with Crippen molar-refractivity contribution in [1.29, 1.82) is 0 Å². The average Bonchev–Trinajstić information content (AvgIpc) is 3.35. The minimum Gasteiger partial charge on any atom is -0.497 e. The molecule has 31 heavy (non-hydrogen) atoms. The van der Waals surface area contributed by atoms with Crippen LogP contribution in [0.3, 0.4) is 0 Å². The van der Waals surface area contributed by atoms with Crippen molar-refractivity contribution in [3.8, 4) is 28.6 Å². The van der Waals surface area contributed by atoms with Gasteiger partial charge in [0.25, 0.3) is 5.56 Å². The number of rotatable bonds is 8. The Labute approximate surface area is 179 Å². The minimum atomic E-state index is -0.192. The largest absolute Gasteiger partial charge is 0.497 e. The van der Waals surface area contributed by atoms with Crippen molar-refractivity contribution < 1.29 is 14.2 Å². The third-order valence-corrected chi connectivity index (χ3v) is 5.09. The molecule has 0 atom stereocenters. The summed E-state index contributed by atoms with van der Waals surface area (Å²) in [6.45, 7) is 0.720. The van der Waals surface area contributed by atoms with Gasteiger partial charge in [0.1, 0.15) is 28.7 Å². The summed E-state index contributed by atoms with van der Waals surface area (Å²) in [5.41, 5.74) is 2.60. The summed E-state index contributed by atoms with van der Waals surface area (Å²) in [5, 5.41) is 3.18. The first-order chi connectivity index (χ1) is 15.1. The Balaban J connectivity index is 2.00. The summed E-state index contributed by atoms with van der Waals surface area (Å²) < 4.78 is 19.5. The van der Waals surface area contributed by atoms with Gasteiger partial charge < -0.3 is 24.5 Å². The van der Waals surface area contributed by atoms with E-state index in [1.165, 1.54) is 0 Å². The van der Waals surface area contributed by atoms with Crippen molar-refractivity contribution in [2.75, 3.05) is 40.3 Å². The van der Waals surface area contributed by atoms with E-state index < -0.39 is 0 Å². The third kappa shape index (κ3) is 3.64. The molecule has 2 aromatic heterocycles. The normalized spacial score (nSPS) is 11.1. The molecule has 0 bridgehead atoms. The zero-order valence-corrected chi connectivity index (χ0v) is 17.9. The molecule has 9 nitrogen and oxygen atoms in total. The molecule has 0 amide bonds. The number of aromatic nitrogens is 4. The quantitative estimate of drug-likeness (QED) is 0.453. The van der Waals surface area contributed by atoms with Crippen LogP contribution in [0.15, 0.2) is 47.3 Å². The molecule has 0 fully saturated rings. The summed E-state index contributed by atoms with van der Waals surface area (Å²) in [5.74, 6) is 2.31. The first-order valence-electron chi connectivity index (χ1n) is 9.82. The van der Waals surface area contributed by atoms with Crippen molar-refractivity contribution in [2.45, 2.75) is 6.54 Å². The molecule has 0 aliphatic heterocycles. The molecule has 4 rings (SSSR count). The lowest BCUT2D eigenvalue weighted by atomic mass is 10.2. The topological polar surface area (TPSA) is 95.3 Å². The lowest BCUT2D eigenvalue weighted by Gasteiger charge is -2.16. The molecule has 2 N–H and O–H groups in total. The van der Waals surface area contributed by atoms with Gasteiger partial charge in [-0.3, -0.25) is 4.79 Å². The number of imidazole rings is 1. The van der Waals surface area contributed by atoms with Crippen LogP contribution in [0.5, 0.6) is 11.5 Å². The van der Waals surface area contributed by atoms with E-state index in [4.69, 9.17) is 14.2 Å². The molecule has 2 heterocycles. The van der Waals surface area contributed by atoms with Gasteiger partial charge in [-0.1, -0.05) is 12.1 Å². The van der Waals surface area contributed by atoms with E-state index >= 15 is 0 Å². The van der Waals surface area contributed by atoms with Crippen LogP contribution in [0.4, 0.5) is 5.82 Å². The smallest absolute Gasteiger partial charge is 0.280 e. The Bertz CT molecular complexity index is 1220. The number of hydrogen-bond acceptors (Lipinski definition) is 6. The number of ether oxygens (including phenoxy) is 3. The van der Waals surface area contributed by atoms with Crippen LogP contribution in [0, 0.1) is 0 Å². The first-order valence-corrected chi connectivity index (χ1v) is 9.82. The highest BCUT2D eigenvalue weighted by atomic mass is 16.5. The lowest BCUT2D eigenvalue weighted by Crippen LogP contribution is -2.25. The standard InChI is InChI=1S/C22H25N5O4/c1-23-21-19(20-24-17-7-5-6-8-18(17)25-20)22(28)26(9-10-29-2)27(21)14-11-15(30-3)13-16(12-14)31-4/h5-8,11-13,23H,9-10H2,1-4H3,(H,24,25). The first kappa shape index (κ1) is 20.5. The Morgan fingerprint density at radius 3 is 2.39 bits per heavy atom. The summed E-state index contributed by atoms with van der Waals surface area (Å²) >= 11 is 0. The number of para-hydroxylation sites is 2. The van der Waals surface area contributed by atoms with E-state index in [9.17, 15) is 4.79 Å². The molecule has 0 aliphatic carbocycles. The van der Waals surface area contributed by atoms with Crippen molar-refractivity contribution in [2.24, 2.45) is 0 Å². The fraction of sp³-hybridized carbons (Fsp3) is 0.273. The van der Waals surface area contributed by atoms with E-state index in [-0.39, 0.29) is 5.56 Å². The highest BCUT2D eigenvalue weighted by Crippen LogP contribution is 2.31. The molecule has 0 aliphatic rings. The molecule has 4 aromatic rings. The Hall–Kier alpha value is -3.72. The maximum absolute atomic E-state index is 13.6. The van der Waals surface area contributed by atoms with Gasteiger partial charge in [-0.05, 0) is 12.1 Å². The van der Waals surface area contributed by atoms with Crippen molar-refractivity contribution in [3.05, 3.63) is 52.8 Å². The fourth-order valence-electron chi connectivity index (χ4n) is 3.63. The van der Waals surface area contributed by atoms with Crippen LogP contribution in [0.25, 0.3) is 28.1 Å². The van der Waals surface area contributed by atoms with Gasteiger partial charge in [0.05, 0.1) is 44.1 Å². The van der Waals surface area contributed by atoms with Crippen LogP contribution < -0.4 is 20.3 Å². The van der Waals surface area contributed by atoms with Crippen LogP contribution in [0.1, 0.15) is 0 Å². The predicted octanol–water partition coefficient (Wildman–Crippen LogP) is 2.89. The molecular weight excluding hydrogens is 398 g/mol. The van der Waals surface area contributed by atoms with Gasteiger partial charge in [0, 0.05) is 32.4 Å². The molecular formula is C22H25N5O4. The van der Waals surface area contributed by atoms with E-state index in [1.54, 1.807) is 43.8 Å². The monoisotopic (exact) mass is 423 g/mol. The van der Waals surface area contributed by atoms with Gasteiger partial charge in [-0.15, -0.1) is 0 Å². The molecule has 0 saturated heterocycles. The summed E-state index contributed by atoms with van der Waals surface area (Å²) in [7, 11) is 6.55. The number of nitrogens with zero attached hydrogens (tertiary/aromatic N) is 3. The van der Waals surface area contributed by atoms with Crippen molar-refractivity contribution in [3.63, 3.8) is 0 Å². The number of H-pyrrole nitrogens is 1. The third-order valence-electron chi connectivity index (χ3n) is 5.09. The average molecular weight is 423 g/mol. The number of hydrogen-bond donors (Lipinski definition) is 2. The van der Waals surface area contributed by atoms with Gasteiger partial charge in [-0.2, -0.15) is 0 Å². The second kappa shape index (κ2) is 8.57. The van der Waals surface area contributed by atoms with E-state index in [0.717, 1.165) is 11.0 Å². The van der Waals surface area contributed by atoms with E-state index in [0.29, 0.717) is 47.5 Å². The van der Waals surface area contributed by atoms with E-state index in [1.807, 2.05) is 36.4 Å². The second-order valence-corrected chi connectivity index (χ2v) is 6.88. The zero-order chi connectivity index (χ0) is 22.0. The van der Waals surface area contributed by atoms with Crippen molar-refractivity contribution >= 4 is 16.9 Å². The van der Waals surface area contributed by atoms with Gasteiger partial charge in [-0.25, -0.2) is 14.3 Å². The van der Waals surface area contributed by atoms with Crippen LogP contribution >= 0.6 is 0 Å². The number of fused-ring (bicyclic) bond motifs is 1. The minimum absolute atomic E-state index is 0.192. The Morgan fingerprint density at radius 1 is 1.06 bits per heavy atom. The van der Waals surface area contributed by atoms with E-state index in [2.05, 4.69) is 15.3 Å². The molecule has 9 heteroatoms. The highest BCUT2D eigenvalue weighted by Gasteiger charge is 2.24. The van der Waals surface area contributed by atoms with Crippen molar-refractivity contribution in [1.82, 2.24) is 19.3 Å². The summed E-state index contributed by atoms with van der Waals surface area (Å²) in [6, 6.07) is 13.1. The Kier molecular flexibility index (Phi) is 5.68. The van der Waals surface area contributed by atoms with Crippen LogP contribution in [-0.4, -0.2) is 54.3 Å². The van der Waals surface area contributed by atoms with Crippen LogP contribution in [-0.2, 0) is 11.3 Å². The van der Waals surface area contributed by atoms with Crippen LogP contribution in [0.2, 0.25) is 0 Å². The van der Waals surface area contributed by atoms with Gasteiger partial charge >= 0.3 is 0 Å². The SMILES string of the molecule is CNc1c(-c2nc3ccccc3[nH]2)c(=O)n(CCOC)n1-c1cc(OC)cc(OC)c1. The number of nitrogens with one attached hydrogen (secondary N) is 2. The number of benzene rings is 2. The maximum Gasteiger partial charge on any atom is 0.280 e. The second-order valence-electron chi connectivity index (χ2n) is 6.88. The summed E-state index contributed by atoms with van der Waals surface area (Å²) in [4.78, 5) is 21.5. The molecule has 0 radical (unpaired) electrons. The van der Waals surface area contributed by atoms with Gasteiger partial charge in [0.2, 0.25) is 0 Å². The molecule has 162 valence electrons. The lowest BCUT2D eigenvalue weighted by molar-refractivity contribution is 0.180. The highest BCUT2D eigenvalue weighted by molar-refractivity contribution is 5.82. The Morgan fingerprint density at radius 2 is 1.77 bits per heavy atom. The zero-order valence-electron chi connectivity index (χ0n) is 17.9. The molecule has 0 spiro atoms. The number of aromatic amines is 1. The summed E-state index contributed by atoms with van der Waals surface area (Å²) in [6.07, 6.45) is 0. The molecule has 2 aromatic carbocycles. The predicted molar refractivity (Wildman–Crippen MR) is 120 cm³/mol.